The third kappa shape index (κ3) is 4.24. The number of pyridine rings is 1. The Morgan fingerprint density at radius 1 is 1.12 bits per heavy atom. The van der Waals surface area contributed by atoms with Crippen molar-refractivity contribution in [2.24, 2.45) is 5.92 Å². The predicted octanol–water partition coefficient (Wildman–Crippen LogP) is 3.36. The lowest BCUT2D eigenvalue weighted by Gasteiger charge is -2.24. The van der Waals surface area contributed by atoms with Crippen LogP contribution in [-0.4, -0.2) is 24.5 Å². The van der Waals surface area contributed by atoms with Crippen molar-refractivity contribution in [1.82, 2.24) is 21.0 Å². The number of hydrogen-bond acceptors (Lipinski definition) is 5. The molecule has 0 radical (unpaired) electrons. The van der Waals surface area contributed by atoms with Gasteiger partial charge in [0.1, 0.15) is 5.82 Å². The van der Waals surface area contributed by atoms with Crippen LogP contribution in [0.2, 0.25) is 0 Å². The number of carbonyl (C=O) groups excluding carboxylic acids is 1. The molecule has 2 heterocycles. The first-order valence-electron chi connectivity index (χ1n) is 11.3. The van der Waals surface area contributed by atoms with Crippen LogP contribution in [0, 0.1) is 5.92 Å². The zero-order valence-electron chi connectivity index (χ0n) is 18.3. The zero-order valence-corrected chi connectivity index (χ0v) is 18.3. The van der Waals surface area contributed by atoms with Gasteiger partial charge in [0.2, 0.25) is 5.91 Å². The minimum atomic E-state index is 0.0977. The Labute approximate surface area is 188 Å². The molecule has 1 amide bonds. The molecule has 2 atom stereocenters. The second kappa shape index (κ2) is 9.10. The number of benzene rings is 2. The van der Waals surface area contributed by atoms with Gasteiger partial charge in [-0.1, -0.05) is 42.5 Å². The second-order valence-electron chi connectivity index (χ2n) is 8.54. The third-order valence-electron chi connectivity index (χ3n) is 6.51. The topological polar surface area (TPSA) is 78.1 Å². The number of amides is 1. The molecule has 1 aliphatic heterocycles. The molecule has 164 valence electrons. The molecule has 1 saturated carbocycles. The third-order valence-corrected chi connectivity index (χ3v) is 6.51. The summed E-state index contributed by atoms with van der Waals surface area (Å²) in [5.41, 5.74) is 13.5. The Morgan fingerprint density at radius 2 is 2.00 bits per heavy atom. The molecule has 2 aromatic carbocycles. The van der Waals surface area contributed by atoms with Crippen LogP contribution in [0.3, 0.4) is 0 Å². The molecule has 1 aromatic heterocycles. The van der Waals surface area contributed by atoms with Crippen LogP contribution in [0.25, 0.3) is 11.1 Å². The normalized spacial score (nSPS) is 19.2. The maximum atomic E-state index is 12.8. The fourth-order valence-corrected chi connectivity index (χ4v) is 4.77. The van der Waals surface area contributed by atoms with Gasteiger partial charge in [0.25, 0.3) is 0 Å². The fraction of sp³-hybridized carbons (Fsp3) is 0.308. The predicted molar refractivity (Wildman–Crippen MR) is 127 cm³/mol. The van der Waals surface area contributed by atoms with Gasteiger partial charge >= 0.3 is 0 Å². The summed E-state index contributed by atoms with van der Waals surface area (Å²) < 4.78 is 0. The molecular formula is C26H29N5O. The number of hydrazine groups is 1. The number of carbonyl (C=O) groups is 1. The van der Waals surface area contributed by atoms with Crippen molar-refractivity contribution in [2.45, 2.75) is 31.8 Å². The summed E-state index contributed by atoms with van der Waals surface area (Å²) in [4.78, 5) is 17.1. The molecule has 3 aromatic rings. The molecule has 0 spiro atoms. The van der Waals surface area contributed by atoms with Gasteiger partial charge in [0.05, 0.1) is 0 Å². The summed E-state index contributed by atoms with van der Waals surface area (Å²) in [6, 6.07) is 18.8. The molecule has 0 saturated heterocycles. The fourth-order valence-electron chi connectivity index (χ4n) is 4.77. The van der Waals surface area contributed by atoms with Gasteiger partial charge in [-0.25, -0.2) is 10.4 Å². The van der Waals surface area contributed by atoms with E-state index in [0.717, 1.165) is 37.3 Å². The minimum absolute atomic E-state index is 0.0977. The van der Waals surface area contributed by atoms with E-state index in [1.807, 2.05) is 31.4 Å². The molecule has 2 aliphatic rings. The van der Waals surface area contributed by atoms with E-state index in [1.54, 1.807) is 0 Å². The zero-order chi connectivity index (χ0) is 21.9. The van der Waals surface area contributed by atoms with Crippen molar-refractivity contribution >= 4 is 11.7 Å². The first-order valence-corrected chi connectivity index (χ1v) is 11.3. The van der Waals surface area contributed by atoms with Crippen molar-refractivity contribution in [1.29, 1.82) is 0 Å². The lowest BCUT2D eigenvalue weighted by molar-refractivity contribution is -0.122. The molecule has 1 aliphatic carbocycles. The van der Waals surface area contributed by atoms with Crippen LogP contribution in [0.5, 0.6) is 0 Å². The standard InChI is InChI=1S/C26H29N5O/c1-27-31-25-13-18(9-12-29-25)20-8-7-19(24-16-28-11-10-21(20)24)15-30-26(32)23-14-22(23)17-5-3-2-4-6-17/h2-9,12-13,22-23,27-28H,10-11,14-16H2,1H3,(H,29,31)(H,30,32)/t22-,23?/m0/s1. The highest BCUT2D eigenvalue weighted by atomic mass is 16.2. The first-order chi connectivity index (χ1) is 15.7. The van der Waals surface area contributed by atoms with E-state index < -0.39 is 0 Å². The van der Waals surface area contributed by atoms with E-state index in [2.05, 4.69) is 62.9 Å². The van der Waals surface area contributed by atoms with Crippen molar-refractivity contribution in [3.05, 3.63) is 83.0 Å². The average Bonchev–Trinajstić information content (AvgIpc) is 3.64. The Kier molecular flexibility index (Phi) is 5.88. The number of fused-ring (bicyclic) bond motifs is 1. The van der Waals surface area contributed by atoms with E-state index >= 15 is 0 Å². The number of hydrogen-bond donors (Lipinski definition) is 4. The maximum absolute atomic E-state index is 12.8. The van der Waals surface area contributed by atoms with Gasteiger partial charge < -0.3 is 16.1 Å². The van der Waals surface area contributed by atoms with Crippen molar-refractivity contribution in [2.75, 3.05) is 19.0 Å². The van der Waals surface area contributed by atoms with Crippen molar-refractivity contribution in [3.63, 3.8) is 0 Å². The molecule has 1 unspecified atom stereocenters. The Balaban J connectivity index is 1.32. The van der Waals surface area contributed by atoms with E-state index in [1.165, 1.54) is 27.8 Å². The van der Waals surface area contributed by atoms with Crippen LogP contribution in [0.1, 0.15) is 34.6 Å². The highest BCUT2D eigenvalue weighted by Gasteiger charge is 2.43. The van der Waals surface area contributed by atoms with Gasteiger partial charge in [-0.2, -0.15) is 0 Å². The molecule has 0 bridgehead atoms. The van der Waals surface area contributed by atoms with Gasteiger partial charge in [0, 0.05) is 32.3 Å². The molecule has 4 N–H and O–H groups in total. The van der Waals surface area contributed by atoms with Gasteiger partial charge in [0.15, 0.2) is 0 Å². The van der Waals surface area contributed by atoms with Crippen LogP contribution >= 0.6 is 0 Å². The first kappa shape index (κ1) is 20.7. The molecule has 32 heavy (non-hydrogen) atoms. The summed E-state index contributed by atoms with van der Waals surface area (Å²) in [7, 11) is 1.83. The SMILES string of the molecule is CNNc1cc(-c2ccc(CNC(=O)C3C[C@H]3c3ccccc3)c3c2CCNC3)ccn1. The average molecular weight is 428 g/mol. The highest BCUT2D eigenvalue weighted by Crippen LogP contribution is 2.47. The van der Waals surface area contributed by atoms with Gasteiger partial charge in [-0.3, -0.25) is 4.79 Å². The molecule has 5 rings (SSSR count). The lowest BCUT2D eigenvalue weighted by atomic mass is 9.88. The Bertz CT molecular complexity index is 1110. The van der Waals surface area contributed by atoms with E-state index in [0.29, 0.717) is 12.5 Å². The monoisotopic (exact) mass is 427 g/mol. The van der Waals surface area contributed by atoms with Crippen LogP contribution in [-0.2, 0) is 24.3 Å². The number of anilines is 1. The largest absolute Gasteiger partial charge is 0.352 e. The number of nitrogens with zero attached hydrogens (tertiary/aromatic N) is 1. The minimum Gasteiger partial charge on any atom is -0.352 e. The van der Waals surface area contributed by atoms with E-state index in [9.17, 15) is 4.79 Å². The molecular weight excluding hydrogens is 398 g/mol. The van der Waals surface area contributed by atoms with Crippen LogP contribution in [0.15, 0.2) is 60.8 Å². The smallest absolute Gasteiger partial charge is 0.224 e. The lowest BCUT2D eigenvalue weighted by Crippen LogP contribution is -2.29. The molecule has 1 fully saturated rings. The number of rotatable bonds is 7. The Morgan fingerprint density at radius 3 is 2.84 bits per heavy atom. The van der Waals surface area contributed by atoms with Gasteiger partial charge in [-0.15, -0.1) is 0 Å². The quantitative estimate of drug-likeness (QED) is 0.435. The summed E-state index contributed by atoms with van der Waals surface area (Å²) in [5.74, 6) is 1.42. The van der Waals surface area contributed by atoms with E-state index in [4.69, 9.17) is 0 Å². The van der Waals surface area contributed by atoms with E-state index in [-0.39, 0.29) is 11.8 Å². The molecule has 6 nitrogen and oxygen atoms in total. The summed E-state index contributed by atoms with van der Waals surface area (Å²) in [5, 5.41) is 6.70. The van der Waals surface area contributed by atoms with Crippen LogP contribution in [0.4, 0.5) is 5.82 Å². The second-order valence-corrected chi connectivity index (χ2v) is 8.54. The van der Waals surface area contributed by atoms with Crippen molar-refractivity contribution < 1.29 is 4.79 Å². The summed E-state index contributed by atoms with van der Waals surface area (Å²) in [6.07, 6.45) is 3.75. The maximum Gasteiger partial charge on any atom is 0.224 e. The summed E-state index contributed by atoms with van der Waals surface area (Å²) in [6.45, 7) is 2.37. The summed E-state index contributed by atoms with van der Waals surface area (Å²) >= 11 is 0. The van der Waals surface area contributed by atoms with Crippen LogP contribution < -0.4 is 21.5 Å². The number of nitrogens with one attached hydrogen (secondary N) is 4. The Hall–Kier alpha value is -3.22. The highest BCUT2D eigenvalue weighted by molar-refractivity contribution is 5.83. The van der Waals surface area contributed by atoms with Crippen molar-refractivity contribution in [3.8, 4) is 11.1 Å². The number of aromatic nitrogens is 1. The van der Waals surface area contributed by atoms with Gasteiger partial charge in [-0.05, 0) is 70.8 Å². The molecule has 6 heteroatoms.